The molecule has 0 radical (unpaired) electrons. The summed E-state index contributed by atoms with van der Waals surface area (Å²) in [5.41, 5.74) is 1.27. The molecule has 4 aliphatic heterocycles. The third-order valence-corrected chi connectivity index (χ3v) is 15.2. The highest BCUT2D eigenvalue weighted by atomic mass is 16.6. The Kier molecular flexibility index (Phi) is 20.9. The van der Waals surface area contributed by atoms with Crippen LogP contribution in [0, 0.1) is 35.5 Å². The predicted molar refractivity (Wildman–Crippen MR) is 254 cm³/mol. The average Bonchev–Trinajstić information content (AvgIpc) is 3.30. The molecule has 68 heavy (non-hydrogen) atoms. The molecule has 15 atom stereocenters. The van der Waals surface area contributed by atoms with Crippen molar-refractivity contribution in [2.75, 3.05) is 34.0 Å². The number of aliphatic hydroxyl groups excluding tert-OH is 2. The molecule has 3 N–H and O–H groups in total. The molecule has 3 saturated heterocycles. The fraction of sp³-hybridized carbons (Fsp3) is 0.755. The summed E-state index contributed by atoms with van der Waals surface area (Å²) in [6, 6.07) is -1.15. The van der Waals surface area contributed by atoms with Crippen molar-refractivity contribution in [2.45, 2.75) is 186 Å². The molecule has 1 aliphatic carbocycles. The van der Waals surface area contributed by atoms with Crippen LogP contribution in [0.1, 0.15) is 126 Å². The third-order valence-electron chi connectivity index (χ3n) is 15.2. The summed E-state index contributed by atoms with van der Waals surface area (Å²) < 4.78 is 35.5. The van der Waals surface area contributed by atoms with Crippen LogP contribution >= 0.6 is 0 Å². The number of esters is 1. The van der Waals surface area contributed by atoms with E-state index in [9.17, 15) is 39.3 Å². The number of carbonyl (C=O) groups excluding carboxylic acids is 5. The van der Waals surface area contributed by atoms with Crippen LogP contribution in [-0.4, -0.2) is 144 Å². The predicted octanol–water partition coefficient (Wildman–Crippen LogP) is 5.95. The lowest BCUT2D eigenvalue weighted by Crippen LogP contribution is -2.61. The number of Topliss-reactive ketones (excluding diaryl/α,β-unsaturated/α-hetero) is 3. The van der Waals surface area contributed by atoms with Crippen molar-refractivity contribution >= 4 is 29.2 Å². The summed E-state index contributed by atoms with van der Waals surface area (Å²) in [4.78, 5) is 72.2. The van der Waals surface area contributed by atoms with Crippen LogP contribution in [0.4, 0.5) is 0 Å². The number of hydrogen-bond donors (Lipinski definition) is 3. The number of amides is 1. The largest absolute Gasteiger partial charge is 0.460 e. The molecule has 1 unspecified atom stereocenters. The van der Waals surface area contributed by atoms with Crippen LogP contribution in [0.25, 0.3) is 0 Å². The first kappa shape index (κ1) is 55.5. The standard InChI is InChI=1S/C53H81NO14/c1-31-15-11-10-12-16-32(2)44(66-40-29-65-30-40)27-39-20-18-37(7)53(62,68-39)50(59)51(60)54-22-14-13-17-41(54)52(61)67-45(34(4)25-38-19-21-42(55)46(26-38)63-8)28-43(56)33(3)24-36(6)48(58)49(64-9)47(57)35(5)23-31/h10-12,15-16,24,31,33-35,37-42,44-46,48-49,55,58,62H,13-14,17-23,25-30H2,1-9H3/b12-10+,15-11+,32-16+,36-24+/t31-,33-,34-,35-,37-,38+,39+,41?,42-,44+,45+,46-,48-,49+,53-/m1/s1. The van der Waals surface area contributed by atoms with Gasteiger partial charge in [0.2, 0.25) is 5.79 Å². The number of aliphatic hydroxyl groups is 3. The minimum absolute atomic E-state index is 0.00818. The number of piperidine rings is 1. The van der Waals surface area contributed by atoms with Gasteiger partial charge in [-0.05, 0) is 107 Å². The molecule has 1 amide bonds. The van der Waals surface area contributed by atoms with Crippen molar-refractivity contribution in [3.8, 4) is 0 Å². The van der Waals surface area contributed by atoms with Gasteiger partial charge in [-0.25, -0.2) is 4.79 Å². The zero-order chi connectivity index (χ0) is 49.9. The normalized spacial score (nSPS) is 40.4. The zero-order valence-corrected chi connectivity index (χ0v) is 42.0. The smallest absolute Gasteiger partial charge is 0.329 e. The van der Waals surface area contributed by atoms with Crippen molar-refractivity contribution in [1.29, 1.82) is 0 Å². The van der Waals surface area contributed by atoms with E-state index in [0.29, 0.717) is 76.6 Å². The van der Waals surface area contributed by atoms with Crippen LogP contribution in [0.15, 0.2) is 47.6 Å². The number of fused-ring (bicyclic) bond motifs is 3. The molecule has 0 aromatic carbocycles. The van der Waals surface area contributed by atoms with E-state index in [1.165, 1.54) is 12.0 Å². The molecule has 382 valence electrons. The van der Waals surface area contributed by atoms with Gasteiger partial charge in [-0.3, -0.25) is 19.2 Å². The summed E-state index contributed by atoms with van der Waals surface area (Å²) in [6.45, 7) is 13.7. The second kappa shape index (κ2) is 25.6. The van der Waals surface area contributed by atoms with Gasteiger partial charge < -0.3 is 48.6 Å². The number of ketones is 3. The van der Waals surface area contributed by atoms with Gasteiger partial charge in [0.05, 0.1) is 37.6 Å². The van der Waals surface area contributed by atoms with Gasteiger partial charge in [0.15, 0.2) is 5.78 Å². The number of hydrogen-bond acceptors (Lipinski definition) is 14. The molecule has 15 nitrogen and oxygen atoms in total. The topological polar surface area (TPSA) is 205 Å². The van der Waals surface area contributed by atoms with Gasteiger partial charge in [-0.1, -0.05) is 71.1 Å². The Bertz CT molecular complexity index is 1860. The van der Waals surface area contributed by atoms with E-state index in [1.807, 2.05) is 58.1 Å². The van der Waals surface area contributed by atoms with E-state index in [-0.39, 0.29) is 60.9 Å². The Balaban J connectivity index is 1.47. The van der Waals surface area contributed by atoms with Crippen LogP contribution in [0.3, 0.4) is 0 Å². The van der Waals surface area contributed by atoms with E-state index in [1.54, 1.807) is 34.0 Å². The minimum Gasteiger partial charge on any atom is -0.460 e. The molecular formula is C53H81NO14. The molecule has 0 spiro atoms. The first-order chi connectivity index (χ1) is 32.3. The van der Waals surface area contributed by atoms with Crippen molar-refractivity contribution in [1.82, 2.24) is 4.90 Å². The SMILES string of the molecule is CO[C@@H]1C[C@H](C[C@@H](C)[C@@H]2CC(=O)[C@H](C)/C=C(\C)[C@@H](O)[C@@H](OC)C(=O)[C@H](C)C[C@H](C)/C=C/C=C/C=C(\C)[C@@H](OC3COC3)C[C@@H]3CC[C@@H](C)[C@@](O)(O3)C(=O)C(=O)N3CCCCC3C(=O)O2)CC[C@H]1O. The first-order valence-electron chi connectivity index (χ1n) is 25.1. The van der Waals surface area contributed by atoms with Crippen LogP contribution in [0.2, 0.25) is 0 Å². The highest BCUT2D eigenvalue weighted by molar-refractivity contribution is 6.39. The lowest BCUT2D eigenvalue weighted by Gasteiger charge is -2.43. The van der Waals surface area contributed by atoms with Gasteiger partial charge in [-0.2, -0.15) is 0 Å². The van der Waals surface area contributed by atoms with E-state index < -0.39 is 83.9 Å². The average molecular weight is 956 g/mol. The highest BCUT2D eigenvalue weighted by Gasteiger charge is 2.53. The Hall–Kier alpha value is -3.41. The Morgan fingerprint density at radius 3 is 2.28 bits per heavy atom. The molecule has 0 aromatic rings. The molecular weight excluding hydrogens is 875 g/mol. The Labute approximate surface area is 404 Å². The monoisotopic (exact) mass is 956 g/mol. The summed E-state index contributed by atoms with van der Waals surface area (Å²) in [5, 5.41) is 34.1. The number of methoxy groups -OCH3 is 2. The molecule has 15 heteroatoms. The number of ether oxygens (including phenoxy) is 6. The van der Waals surface area contributed by atoms with Gasteiger partial charge in [0.25, 0.3) is 11.7 Å². The van der Waals surface area contributed by atoms with Gasteiger partial charge in [0, 0.05) is 51.4 Å². The number of carbonyl (C=O) groups is 5. The fourth-order valence-corrected chi connectivity index (χ4v) is 10.5. The van der Waals surface area contributed by atoms with E-state index in [0.717, 1.165) is 12.0 Å². The molecule has 2 bridgehead atoms. The van der Waals surface area contributed by atoms with Crippen molar-refractivity contribution < 1.29 is 67.7 Å². The maximum atomic E-state index is 14.4. The Morgan fingerprint density at radius 2 is 1.60 bits per heavy atom. The minimum atomic E-state index is -2.45. The lowest BCUT2D eigenvalue weighted by molar-refractivity contribution is -0.267. The summed E-state index contributed by atoms with van der Waals surface area (Å²) in [5.74, 6) is -8.05. The van der Waals surface area contributed by atoms with E-state index in [4.69, 9.17) is 28.4 Å². The third kappa shape index (κ3) is 14.4. The number of cyclic esters (lactones) is 1. The van der Waals surface area contributed by atoms with E-state index >= 15 is 0 Å². The molecule has 4 fully saturated rings. The number of allylic oxidation sites excluding steroid dienone is 6. The second-order valence-electron chi connectivity index (χ2n) is 20.7. The summed E-state index contributed by atoms with van der Waals surface area (Å²) in [6.07, 6.45) is 11.0. The fourth-order valence-electron chi connectivity index (χ4n) is 10.5. The Morgan fingerprint density at radius 1 is 0.868 bits per heavy atom. The van der Waals surface area contributed by atoms with Gasteiger partial charge in [0.1, 0.15) is 36.2 Å². The maximum absolute atomic E-state index is 14.4. The molecule has 1 saturated carbocycles. The maximum Gasteiger partial charge on any atom is 0.329 e. The van der Waals surface area contributed by atoms with Crippen molar-refractivity contribution in [2.24, 2.45) is 35.5 Å². The van der Waals surface area contributed by atoms with Crippen molar-refractivity contribution in [3.63, 3.8) is 0 Å². The number of rotatable bonds is 7. The quantitative estimate of drug-likeness (QED) is 0.153. The summed E-state index contributed by atoms with van der Waals surface area (Å²) >= 11 is 0. The lowest BCUT2D eigenvalue weighted by atomic mass is 9.78. The molecule has 5 aliphatic rings. The van der Waals surface area contributed by atoms with Crippen LogP contribution in [-0.2, 0) is 52.4 Å². The van der Waals surface area contributed by atoms with Gasteiger partial charge >= 0.3 is 5.97 Å². The highest BCUT2D eigenvalue weighted by Crippen LogP contribution is 2.38. The number of nitrogens with zero attached hydrogens (tertiary/aromatic N) is 1. The van der Waals surface area contributed by atoms with Crippen LogP contribution < -0.4 is 0 Å². The first-order valence-corrected chi connectivity index (χ1v) is 25.1. The molecule has 5 rings (SSSR count). The zero-order valence-electron chi connectivity index (χ0n) is 42.0. The van der Waals surface area contributed by atoms with Crippen LogP contribution in [0.5, 0.6) is 0 Å². The second-order valence-corrected chi connectivity index (χ2v) is 20.7. The van der Waals surface area contributed by atoms with Crippen molar-refractivity contribution in [3.05, 3.63) is 47.6 Å². The summed E-state index contributed by atoms with van der Waals surface area (Å²) in [7, 11) is 2.95. The van der Waals surface area contributed by atoms with Gasteiger partial charge in [-0.15, -0.1) is 0 Å². The van der Waals surface area contributed by atoms with E-state index in [2.05, 4.69) is 0 Å². The molecule has 4 heterocycles. The molecule has 0 aromatic heterocycles.